The number of carbonyl (C=O) groups excluding carboxylic acids is 1. The Labute approximate surface area is 121 Å². The van der Waals surface area contributed by atoms with Crippen LogP contribution in [0.4, 0.5) is 5.69 Å². The third kappa shape index (κ3) is 3.94. The van der Waals surface area contributed by atoms with Gasteiger partial charge in [0.05, 0.1) is 19.0 Å². The Hall–Kier alpha value is -1.60. The summed E-state index contributed by atoms with van der Waals surface area (Å²) >= 11 is 5.97. The highest BCUT2D eigenvalue weighted by Crippen LogP contribution is 2.18. The summed E-state index contributed by atoms with van der Waals surface area (Å²) in [6, 6.07) is 0.637. The fraction of sp³-hybridized carbons (Fsp3) is 0.583. The Kier molecular flexibility index (Phi) is 4.97. The molecule has 1 aliphatic carbocycles. The standard InChI is InChI=1S/C12H17ClN4O3/c1-20-10(18)7-17-12(19)11(13)9(6-16-17)15-5-4-14-8-2-3-8/h6,8,14-15H,2-5,7H2,1H3. The van der Waals surface area contributed by atoms with E-state index in [2.05, 4.69) is 20.5 Å². The van der Waals surface area contributed by atoms with E-state index in [-0.39, 0.29) is 11.6 Å². The summed E-state index contributed by atoms with van der Waals surface area (Å²) in [6.45, 7) is 1.20. The lowest BCUT2D eigenvalue weighted by Crippen LogP contribution is -2.29. The van der Waals surface area contributed by atoms with E-state index in [9.17, 15) is 9.59 Å². The van der Waals surface area contributed by atoms with Gasteiger partial charge in [0.25, 0.3) is 5.56 Å². The number of hydrogen-bond acceptors (Lipinski definition) is 6. The van der Waals surface area contributed by atoms with Crippen molar-refractivity contribution in [3.05, 3.63) is 21.6 Å². The molecule has 1 aromatic heterocycles. The molecule has 0 radical (unpaired) electrons. The molecule has 0 aliphatic heterocycles. The van der Waals surface area contributed by atoms with Gasteiger partial charge in [-0.1, -0.05) is 11.6 Å². The van der Waals surface area contributed by atoms with Gasteiger partial charge in [0.2, 0.25) is 0 Å². The Morgan fingerprint density at radius 3 is 2.95 bits per heavy atom. The van der Waals surface area contributed by atoms with Gasteiger partial charge in [-0.25, -0.2) is 4.68 Å². The predicted octanol–water partition coefficient (Wildman–Crippen LogP) is 0.234. The van der Waals surface area contributed by atoms with Crippen LogP contribution in [-0.2, 0) is 16.1 Å². The zero-order valence-electron chi connectivity index (χ0n) is 11.2. The summed E-state index contributed by atoms with van der Waals surface area (Å²) in [5, 5.41) is 10.3. The van der Waals surface area contributed by atoms with E-state index in [4.69, 9.17) is 11.6 Å². The third-order valence-electron chi connectivity index (χ3n) is 2.94. The van der Waals surface area contributed by atoms with Crippen molar-refractivity contribution >= 4 is 23.3 Å². The van der Waals surface area contributed by atoms with Gasteiger partial charge in [0, 0.05) is 19.1 Å². The maximum Gasteiger partial charge on any atom is 0.327 e. The highest BCUT2D eigenvalue weighted by molar-refractivity contribution is 6.32. The average Bonchev–Trinajstić information content (AvgIpc) is 3.26. The molecule has 0 unspecified atom stereocenters. The minimum atomic E-state index is -0.551. The van der Waals surface area contributed by atoms with Gasteiger partial charge >= 0.3 is 5.97 Å². The minimum Gasteiger partial charge on any atom is -0.468 e. The van der Waals surface area contributed by atoms with Gasteiger partial charge in [0.1, 0.15) is 11.6 Å². The van der Waals surface area contributed by atoms with Crippen molar-refractivity contribution in [2.24, 2.45) is 0 Å². The number of nitrogens with zero attached hydrogens (tertiary/aromatic N) is 2. The Balaban J connectivity index is 1.94. The number of anilines is 1. The van der Waals surface area contributed by atoms with Crippen LogP contribution >= 0.6 is 11.6 Å². The highest BCUT2D eigenvalue weighted by atomic mass is 35.5. The van der Waals surface area contributed by atoms with E-state index in [1.807, 2.05) is 0 Å². The average molecular weight is 301 g/mol. The molecule has 1 saturated carbocycles. The largest absolute Gasteiger partial charge is 0.468 e. The molecule has 2 N–H and O–H groups in total. The Morgan fingerprint density at radius 2 is 2.30 bits per heavy atom. The van der Waals surface area contributed by atoms with Gasteiger partial charge in [-0.15, -0.1) is 0 Å². The number of rotatable bonds is 7. The van der Waals surface area contributed by atoms with E-state index >= 15 is 0 Å². The van der Waals surface area contributed by atoms with Crippen molar-refractivity contribution in [2.75, 3.05) is 25.5 Å². The molecule has 0 aromatic carbocycles. The lowest BCUT2D eigenvalue weighted by atomic mass is 10.4. The first-order valence-corrected chi connectivity index (χ1v) is 6.79. The summed E-state index contributed by atoms with van der Waals surface area (Å²) < 4.78 is 5.46. The maximum atomic E-state index is 11.9. The van der Waals surface area contributed by atoms with Crippen LogP contribution in [0.5, 0.6) is 0 Å². The smallest absolute Gasteiger partial charge is 0.327 e. The first-order chi connectivity index (χ1) is 9.61. The first-order valence-electron chi connectivity index (χ1n) is 6.41. The Morgan fingerprint density at radius 1 is 1.55 bits per heavy atom. The molecule has 7 nitrogen and oxygen atoms in total. The van der Waals surface area contributed by atoms with E-state index in [0.717, 1.165) is 11.2 Å². The monoisotopic (exact) mass is 300 g/mol. The van der Waals surface area contributed by atoms with Crippen LogP contribution in [0.15, 0.2) is 11.0 Å². The van der Waals surface area contributed by atoms with Crippen LogP contribution in [0.2, 0.25) is 5.02 Å². The summed E-state index contributed by atoms with van der Waals surface area (Å²) in [6.07, 6.45) is 3.89. The van der Waals surface area contributed by atoms with Gasteiger partial charge in [-0.05, 0) is 12.8 Å². The lowest BCUT2D eigenvalue weighted by Gasteiger charge is -2.10. The summed E-state index contributed by atoms with van der Waals surface area (Å²) in [7, 11) is 1.25. The van der Waals surface area contributed by atoms with Crippen LogP contribution in [0.3, 0.4) is 0 Å². The quantitative estimate of drug-likeness (QED) is 0.554. The number of aromatic nitrogens is 2. The molecule has 8 heteroatoms. The first kappa shape index (κ1) is 14.8. The molecule has 1 heterocycles. The van der Waals surface area contributed by atoms with Crippen LogP contribution in [0.1, 0.15) is 12.8 Å². The topological polar surface area (TPSA) is 85.2 Å². The number of nitrogens with one attached hydrogen (secondary N) is 2. The van der Waals surface area contributed by atoms with E-state index in [0.29, 0.717) is 18.3 Å². The number of halogens is 1. The second-order valence-corrected chi connectivity index (χ2v) is 4.94. The second-order valence-electron chi connectivity index (χ2n) is 4.57. The molecule has 0 bridgehead atoms. The van der Waals surface area contributed by atoms with Gasteiger partial charge < -0.3 is 15.4 Å². The van der Waals surface area contributed by atoms with Gasteiger partial charge in [-0.3, -0.25) is 9.59 Å². The molecule has 0 spiro atoms. The van der Waals surface area contributed by atoms with E-state index in [1.165, 1.54) is 26.1 Å². The van der Waals surface area contributed by atoms with Gasteiger partial charge in [-0.2, -0.15) is 5.10 Å². The molecule has 1 fully saturated rings. The third-order valence-corrected chi connectivity index (χ3v) is 3.31. The van der Waals surface area contributed by atoms with E-state index in [1.54, 1.807) is 0 Å². The molecular weight excluding hydrogens is 284 g/mol. The van der Waals surface area contributed by atoms with Crippen LogP contribution in [0, 0.1) is 0 Å². The fourth-order valence-electron chi connectivity index (χ4n) is 1.65. The molecule has 20 heavy (non-hydrogen) atoms. The van der Waals surface area contributed by atoms with Crippen molar-refractivity contribution in [3.8, 4) is 0 Å². The summed E-state index contributed by atoms with van der Waals surface area (Å²) in [5.41, 5.74) is -0.0485. The summed E-state index contributed by atoms with van der Waals surface area (Å²) in [5.74, 6) is -0.551. The number of esters is 1. The van der Waals surface area contributed by atoms with Gasteiger partial charge in [0.15, 0.2) is 0 Å². The van der Waals surface area contributed by atoms with Crippen LogP contribution < -0.4 is 16.2 Å². The van der Waals surface area contributed by atoms with Crippen molar-refractivity contribution in [1.82, 2.24) is 15.1 Å². The van der Waals surface area contributed by atoms with Crippen LogP contribution in [0.25, 0.3) is 0 Å². The normalized spacial score (nSPS) is 14.1. The van der Waals surface area contributed by atoms with E-state index < -0.39 is 11.5 Å². The highest BCUT2D eigenvalue weighted by Gasteiger charge is 2.19. The molecule has 110 valence electrons. The molecule has 0 atom stereocenters. The minimum absolute atomic E-state index is 0.0234. The molecule has 0 saturated heterocycles. The number of methoxy groups -OCH3 is 1. The maximum absolute atomic E-state index is 11.9. The molecule has 0 amide bonds. The van der Waals surface area contributed by atoms with Crippen molar-refractivity contribution < 1.29 is 9.53 Å². The van der Waals surface area contributed by atoms with Crippen molar-refractivity contribution in [1.29, 1.82) is 0 Å². The number of hydrogen-bond donors (Lipinski definition) is 2. The molecular formula is C12H17ClN4O3. The lowest BCUT2D eigenvalue weighted by molar-refractivity contribution is -0.141. The molecule has 2 rings (SSSR count). The van der Waals surface area contributed by atoms with Crippen LogP contribution in [-0.4, -0.2) is 42.0 Å². The number of ether oxygens (including phenoxy) is 1. The zero-order valence-corrected chi connectivity index (χ0v) is 11.9. The SMILES string of the molecule is COC(=O)Cn1ncc(NCCNC2CC2)c(Cl)c1=O. The fourth-order valence-corrected chi connectivity index (χ4v) is 1.86. The second kappa shape index (κ2) is 6.71. The number of carbonyl (C=O) groups is 1. The molecule has 1 aromatic rings. The predicted molar refractivity (Wildman–Crippen MR) is 75.0 cm³/mol. The summed E-state index contributed by atoms with van der Waals surface area (Å²) in [4.78, 5) is 23.0. The molecule has 1 aliphatic rings. The van der Waals surface area contributed by atoms with Crippen molar-refractivity contribution in [2.45, 2.75) is 25.4 Å². The zero-order chi connectivity index (χ0) is 14.5. The Bertz CT molecular complexity index is 542. The van der Waals surface area contributed by atoms with Crippen molar-refractivity contribution in [3.63, 3.8) is 0 Å².